The molecule has 0 heterocycles. The van der Waals surface area contributed by atoms with Gasteiger partial charge in [0.25, 0.3) is 0 Å². The summed E-state index contributed by atoms with van der Waals surface area (Å²) in [5, 5.41) is 11.2. The van der Waals surface area contributed by atoms with Gasteiger partial charge in [0, 0.05) is 45.5 Å². The molecular weight excluding hydrogens is 644 g/mol. The van der Waals surface area contributed by atoms with Crippen LogP contribution in [0.1, 0.15) is 107 Å². The number of ether oxygens (including phenoxy) is 6. The van der Waals surface area contributed by atoms with E-state index in [1.165, 1.54) is 46.3 Å². The lowest BCUT2D eigenvalue weighted by Crippen LogP contribution is -2.66. The zero-order valence-corrected chi connectivity index (χ0v) is 32.3. The number of fused-ring (bicyclic) bond motifs is 5. The van der Waals surface area contributed by atoms with Gasteiger partial charge in [0.1, 0.15) is 37.8 Å². The van der Waals surface area contributed by atoms with E-state index in [2.05, 4.69) is 41.5 Å². The third-order valence-electron chi connectivity index (χ3n) is 13.4. The average Bonchev–Trinajstić information content (AvgIpc) is 3.35. The number of aliphatic hydroxyl groups is 1. The molecule has 284 valence electrons. The average molecular weight is 707 g/mol. The molecule has 0 aliphatic heterocycles. The van der Waals surface area contributed by atoms with Crippen molar-refractivity contribution in [3.8, 4) is 0 Å². The summed E-state index contributed by atoms with van der Waals surface area (Å²) in [6, 6.07) is 0. The van der Waals surface area contributed by atoms with E-state index in [0.717, 1.165) is 32.1 Å². The first kappa shape index (κ1) is 40.4. The maximum absolute atomic E-state index is 13.3. The third-order valence-corrected chi connectivity index (χ3v) is 13.4. The van der Waals surface area contributed by atoms with Crippen LogP contribution in [-0.2, 0) is 47.6 Å². The number of carbonyl (C=O) groups excluding carboxylic acids is 4. The molecule has 11 heteroatoms. The second-order valence-corrected chi connectivity index (χ2v) is 17.2. The van der Waals surface area contributed by atoms with Crippen molar-refractivity contribution in [2.45, 2.75) is 131 Å². The molecule has 11 nitrogen and oxygen atoms in total. The van der Waals surface area contributed by atoms with Crippen LogP contribution < -0.4 is 0 Å². The van der Waals surface area contributed by atoms with E-state index < -0.39 is 47.2 Å². The van der Waals surface area contributed by atoms with Gasteiger partial charge in [-0.15, -0.1) is 0 Å². The summed E-state index contributed by atoms with van der Waals surface area (Å²) < 4.78 is 33.2. The van der Waals surface area contributed by atoms with Crippen molar-refractivity contribution in [1.82, 2.24) is 0 Å². The molecule has 50 heavy (non-hydrogen) atoms. The third kappa shape index (κ3) is 7.30. The Bertz CT molecular complexity index is 1330. The zero-order valence-electron chi connectivity index (χ0n) is 32.3. The Labute approximate surface area is 298 Å². The number of ketones is 1. The number of hydrogen-bond donors (Lipinski definition) is 1. The van der Waals surface area contributed by atoms with E-state index in [0.29, 0.717) is 18.6 Å². The molecule has 0 aromatic heterocycles. The summed E-state index contributed by atoms with van der Waals surface area (Å²) in [7, 11) is 4.25. The van der Waals surface area contributed by atoms with Crippen LogP contribution in [0.5, 0.6) is 0 Å². The molecule has 4 rings (SSSR count). The van der Waals surface area contributed by atoms with E-state index >= 15 is 0 Å². The van der Waals surface area contributed by atoms with Crippen LogP contribution in [0.15, 0.2) is 11.1 Å². The van der Waals surface area contributed by atoms with Crippen molar-refractivity contribution in [1.29, 1.82) is 0 Å². The molecule has 3 saturated carbocycles. The smallest absolute Gasteiger partial charge is 0.332 e. The van der Waals surface area contributed by atoms with Crippen LogP contribution in [0.25, 0.3) is 0 Å². The second kappa shape index (κ2) is 15.0. The molecule has 0 saturated heterocycles. The quantitative estimate of drug-likeness (QED) is 0.141. The fraction of sp³-hybridized carbons (Fsp3) is 0.846. The molecule has 0 bridgehead atoms. The second-order valence-electron chi connectivity index (χ2n) is 17.2. The lowest BCUT2D eigenvalue weighted by Gasteiger charge is -2.69. The van der Waals surface area contributed by atoms with Crippen molar-refractivity contribution >= 4 is 23.7 Å². The first-order chi connectivity index (χ1) is 23.2. The SMILES string of the molecule is COCC(=O)O[C@@H](C[C@@H](C)C1=C2C[C@H](OC(=O)COC)[C@H]3[C@@]4(C)CCC(=O)C(C)(C)[C@@H]4CC[C@]3(C)[C@@]2(C)CC1)[C@@H](OC(=O)COC)C(C)(C)O. The van der Waals surface area contributed by atoms with E-state index in [1.807, 2.05) is 0 Å². The highest BCUT2D eigenvalue weighted by Crippen LogP contribution is 2.74. The van der Waals surface area contributed by atoms with Gasteiger partial charge < -0.3 is 33.5 Å². The fourth-order valence-electron chi connectivity index (χ4n) is 11.1. The number of carbonyl (C=O) groups is 4. The first-order valence-corrected chi connectivity index (χ1v) is 18.2. The summed E-state index contributed by atoms with van der Waals surface area (Å²) >= 11 is 0. The topological polar surface area (TPSA) is 144 Å². The number of hydrogen-bond acceptors (Lipinski definition) is 11. The highest BCUT2D eigenvalue weighted by atomic mass is 16.6. The molecule has 0 unspecified atom stereocenters. The molecule has 0 aromatic carbocycles. The van der Waals surface area contributed by atoms with Gasteiger partial charge >= 0.3 is 17.9 Å². The van der Waals surface area contributed by atoms with Gasteiger partial charge in [-0.25, -0.2) is 14.4 Å². The lowest BCUT2D eigenvalue weighted by atomic mass is 9.36. The maximum Gasteiger partial charge on any atom is 0.332 e. The number of Topliss-reactive ketones (excluding diaryl/α,β-unsaturated/α-hetero) is 1. The van der Waals surface area contributed by atoms with Gasteiger partial charge in [-0.3, -0.25) is 4.79 Å². The summed E-state index contributed by atoms with van der Waals surface area (Å²) in [6.45, 7) is 15.6. The summed E-state index contributed by atoms with van der Waals surface area (Å²) in [5.41, 5.74) is -0.148. The molecule has 1 N–H and O–H groups in total. The van der Waals surface area contributed by atoms with E-state index in [9.17, 15) is 24.3 Å². The maximum atomic E-state index is 13.3. The Morgan fingerprint density at radius 1 is 0.860 bits per heavy atom. The Morgan fingerprint density at radius 3 is 2.02 bits per heavy atom. The first-order valence-electron chi connectivity index (χ1n) is 18.2. The van der Waals surface area contributed by atoms with Gasteiger partial charge in [-0.05, 0) is 80.5 Å². The standard InChI is InChI=1S/C39H62O11/c1-23(18-27(49-31(42)21-46-10)34(36(4,5)44)50-32(43)22-47-11)24-12-16-38(7)25(24)19-26(48-30(41)20-45-9)33-37(6)15-14-29(40)35(2,3)28(37)13-17-39(33,38)8/h23,26-28,33-34,44H,12-22H2,1-11H3/t23-,26+,27+,28+,33+,34-,37+,38+,39+/m1/s1. The molecule has 9 atom stereocenters. The predicted octanol–water partition coefficient (Wildman–Crippen LogP) is 5.39. The van der Waals surface area contributed by atoms with Crippen molar-refractivity contribution < 1.29 is 52.7 Å². The van der Waals surface area contributed by atoms with Gasteiger partial charge in [0.05, 0.1) is 5.60 Å². The minimum absolute atomic E-state index is 0.0350. The van der Waals surface area contributed by atoms with Crippen molar-refractivity contribution in [2.24, 2.45) is 39.4 Å². The van der Waals surface area contributed by atoms with Crippen LogP contribution in [-0.4, -0.2) is 93.9 Å². The molecular formula is C39H62O11. The monoisotopic (exact) mass is 706 g/mol. The molecule has 3 fully saturated rings. The van der Waals surface area contributed by atoms with Gasteiger partial charge in [0.15, 0.2) is 6.10 Å². The van der Waals surface area contributed by atoms with Crippen molar-refractivity contribution in [3.63, 3.8) is 0 Å². The van der Waals surface area contributed by atoms with E-state index in [4.69, 9.17) is 28.4 Å². The summed E-state index contributed by atoms with van der Waals surface area (Å²) in [5.74, 6) is -1.32. The van der Waals surface area contributed by atoms with Crippen LogP contribution >= 0.6 is 0 Å². The Balaban J connectivity index is 1.77. The minimum atomic E-state index is -1.54. The fourth-order valence-corrected chi connectivity index (χ4v) is 11.1. The molecule has 4 aliphatic rings. The number of methoxy groups -OCH3 is 3. The molecule has 0 spiro atoms. The minimum Gasteiger partial charge on any atom is -0.460 e. The molecule has 0 radical (unpaired) electrons. The molecule has 0 aromatic rings. The highest BCUT2D eigenvalue weighted by molar-refractivity contribution is 5.85. The molecule has 0 amide bonds. The van der Waals surface area contributed by atoms with Gasteiger partial charge in [0.2, 0.25) is 0 Å². The van der Waals surface area contributed by atoms with E-state index in [1.54, 1.807) is 0 Å². The van der Waals surface area contributed by atoms with Crippen LogP contribution in [0.4, 0.5) is 0 Å². The predicted molar refractivity (Wildman–Crippen MR) is 185 cm³/mol. The van der Waals surface area contributed by atoms with Gasteiger partial charge in [-0.2, -0.15) is 0 Å². The van der Waals surface area contributed by atoms with Crippen LogP contribution in [0.3, 0.4) is 0 Å². The Morgan fingerprint density at radius 2 is 1.44 bits per heavy atom. The Kier molecular flexibility index (Phi) is 12.1. The summed E-state index contributed by atoms with van der Waals surface area (Å²) in [6.07, 6.45) is 3.14. The van der Waals surface area contributed by atoms with Crippen molar-refractivity contribution in [3.05, 3.63) is 11.1 Å². The lowest BCUT2D eigenvalue weighted by molar-refractivity contribution is -0.219. The van der Waals surface area contributed by atoms with E-state index in [-0.39, 0.29) is 60.2 Å². The van der Waals surface area contributed by atoms with Gasteiger partial charge in [-0.1, -0.05) is 52.7 Å². The van der Waals surface area contributed by atoms with Crippen molar-refractivity contribution in [2.75, 3.05) is 41.2 Å². The number of rotatable bonds is 14. The Hall–Kier alpha value is -2.34. The number of esters is 3. The van der Waals surface area contributed by atoms with Crippen LogP contribution in [0.2, 0.25) is 0 Å². The molecule has 4 aliphatic carbocycles. The largest absolute Gasteiger partial charge is 0.460 e. The highest BCUT2D eigenvalue weighted by Gasteiger charge is 2.70. The van der Waals surface area contributed by atoms with Crippen LogP contribution in [0, 0.1) is 39.4 Å². The number of allylic oxidation sites excluding steroid dienone is 1. The summed E-state index contributed by atoms with van der Waals surface area (Å²) in [4.78, 5) is 51.8. The zero-order chi connectivity index (χ0) is 37.4. The normalized spacial score (nSPS) is 33.8.